The van der Waals surface area contributed by atoms with Gasteiger partial charge in [0, 0.05) is 28.7 Å². The zero-order valence-corrected chi connectivity index (χ0v) is 14.5. The number of fused-ring (bicyclic) bond motifs is 1. The lowest BCUT2D eigenvalue weighted by Gasteiger charge is -2.07. The monoisotopic (exact) mass is 374 g/mol. The first-order chi connectivity index (χ1) is 12.5. The van der Waals surface area contributed by atoms with Gasteiger partial charge in [0.2, 0.25) is 0 Å². The van der Waals surface area contributed by atoms with E-state index in [-0.39, 0.29) is 10.6 Å². The highest BCUT2D eigenvalue weighted by Crippen LogP contribution is 2.18. The van der Waals surface area contributed by atoms with E-state index in [1.165, 1.54) is 12.1 Å². The molecular formula is C19H16ClFN2O3. The molecule has 0 aliphatic rings. The Bertz CT molecular complexity index is 955. The Morgan fingerprint density at radius 1 is 1.19 bits per heavy atom. The summed E-state index contributed by atoms with van der Waals surface area (Å²) in [7, 11) is 0. The van der Waals surface area contributed by atoms with Crippen molar-refractivity contribution in [1.82, 2.24) is 10.3 Å². The van der Waals surface area contributed by atoms with Crippen molar-refractivity contribution in [3.05, 3.63) is 70.6 Å². The summed E-state index contributed by atoms with van der Waals surface area (Å²) in [5.41, 5.74) is 1.86. The molecule has 0 aliphatic carbocycles. The summed E-state index contributed by atoms with van der Waals surface area (Å²) >= 11 is 5.63. The van der Waals surface area contributed by atoms with Gasteiger partial charge in [-0.3, -0.25) is 4.79 Å². The third kappa shape index (κ3) is 4.21. The van der Waals surface area contributed by atoms with Crippen LogP contribution in [0, 0.1) is 5.82 Å². The molecule has 3 rings (SSSR count). The predicted octanol–water partition coefficient (Wildman–Crippen LogP) is 3.48. The van der Waals surface area contributed by atoms with E-state index >= 15 is 0 Å². The van der Waals surface area contributed by atoms with E-state index in [0.717, 1.165) is 22.5 Å². The molecule has 3 aromatic rings. The number of para-hydroxylation sites is 1. The number of benzene rings is 2. The van der Waals surface area contributed by atoms with E-state index in [2.05, 4.69) is 10.3 Å². The van der Waals surface area contributed by atoms with Crippen molar-refractivity contribution in [2.45, 2.75) is 6.42 Å². The zero-order chi connectivity index (χ0) is 18.5. The molecule has 7 heteroatoms. The first-order valence-electron chi connectivity index (χ1n) is 7.98. The maximum atomic E-state index is 13.6. The molecule has 134 valence electrons. The van der Waals surface area contributed by atoms with Gasteiger partial charge in [-0.05, 0) is 36.2 Å². The Hall–Kier alpha value is -2.86. The van der Waals surface area contributed by atoms with Crippen LogP contribution in [0.25, 0.3) is 10.9 Å². The molecule has 0 aliphatic heterocycles. The second kappa shape index (κ2) is 8.01. The van der Waals surface area contributed by atoms with Gasteiger partial charge in [0.25, 0.3) is 5.91 Å². The normalized spacial score (nSPS) is 10.7. The van der Waals surface area contributed by atoms with Crippen molar-refractivity contribution >= 4 is 34.4 Å². The van der Waals surface area contributed by atoms with Crippen LogP contribution < -0.4 is 5.32 Å². The Labute approximate surface area is 154 Å². The molecule has 0 radical (unpaired) electrons. The lowest BCUT2D eigenvalue weighted by atomic mass is 10.1. The van der Waals surface area contributed by atoms with E-state index in [9.17, 15) is 14.0 Å². The average molecular weight is 375 g/mol. The van der Waals surface area contributed by atoms with Crippen LogP contribution in [-0.4, -0.2) is 30.0 Å². The van der Waals surface area contributed by atoms with Gasteiger partial charge < -0.3 is 15.0 Å². The third-order valence-corrected chi connectivity index (χ3v) is 4.11. The van der Waals surface area contributed by atoms with Crippen LogP contribution in [0.1, 0.15) is 15.9 Å². The van der Waals surface area contributed by atoms with Gasteiger partial charge in [-0.15, -0.1) is 0 Å². The molecule has 2 N–H and O–H groups in total. The highest BCUT2D eigenvalue weighted by Gasteiger charge is 2.15. The molecule has 1 aromatic heterocycles. The number of esters is 1. The largest absolute Gasteiger partial charge is 0.452 e. The molecule has 5 nitrogen and oxygen atoms in total. The van der Waals surface area contributed by atoms with Crippen LogP contribution in [0.4, 0.5) is 4.39 Å². The smallest absolute Gasteiger partial charge is 0.341 e. The molecule has 2 aromatic carbocycles. The van der Waals surface area contributed by atoms with Crippen molar-refractivity contribution in [3.63, 3.8) is 0 Å². The predicted molar refractivity (Wildman–Crippen MR) is 96.7 cm³/mol. The molecule has 1 amide bonds. The lowest BCUT2D eigenvalue weighted by Crippen LogP contribution is -2.30. The van der Waals surface area contributed by atoms with Gasteiger partial charge in [0.1, 0.15) is 5.82 Å². The van der Waals surface area contributed by atoms with E-state index in [4.69, 9.17) is 16.3 Å². The van der Waals surface area contributed by atoms with Crippen LogP contribution >= 0.6 is 11.6 Å². The molecular weight excluding hydrogens is 359 g/mol. The number of halogens is 2. The summed E-state index contributed by atoms with van der Waals surface area (Å²) in [6, 6.07) is 11.5. The number of aromatic nitrogens is 1. The molecule has 0 saturated heterocycles. The van der Waals surface area contributed by atoms with Gasteiger partial charge in [-0.2, -0.15) is 0 Å². The second-order valence-electron chi connectivity index (χ2n) is 5.66. The molecule has 0 bridgehead atoms. The number of aromatic amines is 1. The number of H-pyrrole nitrogens is 1. The van der Waals surface area contributed by atoms with Gasteiger partial charge >= 0.3 is 5.97 Å². The fourth-order valence-electron chi connectivity index (χ4n) is 2.59. The molecule has 1 heterocycles. The number of carbonyl (C=O) groups excluding carboxylic acids is 2. The number of hydrogen-bond donors (Lipinski definition) is 2. The topological polar surface area (TPSA) is 71.2 Å². The summed E-state index contributed by atoms with van der Waals surface area (Å²) in [6.07, 6.45) is 2.54. The Morgan fingerprint density at radius 3 is 2.81 bits per heavy atom. The summed E-state index contributed by atoms with van der Waals surface area (Å²) in [6.45, 7) is -0.0810. The van der Waals surface area contributed by atoms with E-state index < -0.39 is 24.3 Å². The number of nitrogens with one attached hydrogen (secondary N) is 2. The Kier molecular flexibility index (Phi) is 5.53. The summed E-state index contributed by atoms with van der Waals surface area (Å²) in [5, 5.41) is 3.95. The summed E-state index contributed by atoms with van der Waals surface area (Å²) in [5.74, 6) is -2.15. The van der Waals surface area contributed by atoms with Crippen molar-refractivity contribution in [2.24, 2.45) is 0 Å². The zero-order valence-electron chi connectivity index (χ0n) is 13.7. The standard InChI is InChI=1S/C19H16ClFN2O3/c20-13-5-6-15(16(21)9-13)19(25)26-11-18(24)22-8-7-12-10-23-17-4-2-1-3-14(12)17/h1-6,9-10,23H,7-8,11H2,(H,22,24). The molecule has 0 saturated carbocycles. The Balaban J connectivity index is 1.46. The summed E-state index contributed by atoms with van der Waals surface area (Å²) < 4.78 is 18.5. The van der Waals surface area contributed by atoms with Crippen LogP contribution in [-0.2, 0) is 16.0 Å². The molecule has 26 heavy (non-hydrogen) atoms. The number of amides is 1. The lowest BCUT2D eigenvalue weighted by molar-refractivity contribution is -0.124. The van der Waals surface area contributed by atoms with E-state index in [1.807, 2.05) is 30.5 Å². The van der Waals surface area contributed by atoms with Crippen LogP contribution in [0.5, 0.6) is 0 Å². The minimum atomic E-state index is -0.911. The van der Waals surface area contributed by atoms with Gasteiger partial charge in [0.15, 0.2) is 6.61 Å². The molecule has 0 unspecified atom stereocenters. The fourth-order valence-corrected chi connectivity index (χ4v) is 2.75. The average Bonchev–Trinajstić information content (AvgIpc) is 3.03. The van der Waals surface area contributed by atoms with Gasteiger partial charge in [-0.25, -0.2) is 9.18 Å². The first-order valence-corrected chi connectivity index (χ1v) is 8.36. The van der Waals surface area contributed by atoms with Crippen molar-refractivity contribution in [2.75, 3.05) is 13.2 Å². The molecule has 0 atom stereocenters. The maximum absolute atomic E-state index is 13.6. The van der Waals surface area contributed by atoms with E-state index in [1.54, 1.807) is 0 Å². The number of hydrogen-bond acceptors (Lipinski definition) is 3. The van der Waals surface area contributed by atoms with Crippen molar-refractivity contribution in [3.8, 4) is 0 Å². The second-order valence-corrected chi connectivity index (χ2v) is 6.10. The minimum absolute atomic E-state index is 0.175. The van der Waals surface area contributed by atoms with Crippen LogP contribution in [0.3, 0.4) is 0 Å². The van der Waals surface area contributed by atoms with Crippen molar-refractivity contribution < 1.29 is 18.7 Å². The molecule has 0 fully saturated rings. The SMILES string of the molecule is O=C(COC(=O)c1ccc(Cl)cc1F)NCCc1c[nH]c2ccccc12. The molecule has 0 spiro atoms. The maximum Gasteiger partial charge on any atom is 0.341 e. The highest BCUT2D eigenvalue weighted by atomic mass is 35.5. The minimum Gasteiger partial charge on any atom is -0.452 e. The number of ether oxygens (including phenoxy) is 1. The summed E-state index contributed by atoms with van der Waals surface area (Å²) in [4.78, 5) is 26.8. The quantitative estimate of drug-likeness (QED) is 0.649. The third-order valence-electron chi connectivity index (χ3n) is 3.88. The van der Waals surface area contributed by atoms with Crippen molar-refractivity contribution in [1.29, 1.82) is 0 Å². The first kappa shape index (κ1) is 17.9. The Morgan fingerprint density at radius 2 is 2.00 bits per heavy atom. The van der Waals surface area contributed by atoms with Gasteiger partial charge in [0.05, 0.1) is 5.56 Å². The number of rotatable bonds is 6. The highest BCUT2D eigenvalue weighted by molar-refractivity contribution is 6.30. The van der Waals surface area contributed by atoms with Crippen LogP contribution in [0.15, 0.2) is 48.7 Å². The van der Waals surface area contributed by atoms with Gasteiger partial charge in [-0.1, -0.05) is 29.8 Å². The number of carbonyl (C=O) groups is 2. The van der Waals surface area contributed by atoms with E-state index in [0.29, 0.717) is 13.0 Å². The fraction of sp³-hybridized carbons (Fsp3) is 0.158. The van der Waals surface area contributed by atoms with Crippen LogP contribution in [0.2, 0.25) is 5.02 Å².